The first-order valence-corrected chi connectivity index (χ1v) is 6.20. The van der Waals surface area contributed by atoms with Crippen LogP contribution in [-0.4, -0.2) is 11.3 Å². The summed E-state index contributed by atoms with van der Waals surface area (Å²) in [6, 6.07) is 4.55. The summed E-state index contributed by atoms with van der Waals surface area (Å²) in [5.74, 6) is -0.141. The second-order valence-electron chi connectivity index (χ2n) is 4.09. The van der Waals surface area contributed by atoms with Gasteiger partial charge in [-0.1, -0.05) is 19.9 Å². The minimum absolute atomic E-state index is 0.0781. The number of nitrogens with zero attached hydrogens (tertiary/aromatic N) is 1. The average Bonchev–Trinajstić information content (AvgIpc) is 2.78. The van der Waals surface area contributed by atoms with Crippen LogP contribution in [0.3, 0.4) is 0 Å². The van der Waals surface area contributed by atoms with Crippen LogP contribution >= 0.6 is 11.3 Å². The van der Waals surface area contributed by atoms with Gasteiger partial charge in [-0.05, 0) is 18.1 Å². The first-order chi connectivity index (χ1) is 8.11. The summed E-state index contributed by atoms with van der Waals surface area (Å²) in [4.78, 5) is 15.0. The molecule has 0 fully saturated rings. The molecule has 2 aromatic rings. The molecule has 0 aliphatic carbocycles. The lowest BCUT2D eigenvalue weighted by molar-refractivity contribution is 0.112. The van der Waals surface area contributed by atoms with Crippen molar-refractivity contribution in [2.45, 2.75) is 19.8 Å². The number of benzene rings is 1. The largest absolute Gasteiger partial charge is 0.298 e. The van der Waals surface area contributed by atoms with E-state index in [4.69, 9.17) is 0 Å². The Labute approximate surface area is 103 Å². The predicted octanol–water partition coefficient (Wildman–Crippen LogP) is 3.89. The minimum Gasteiger partial charge on any atom is -0.298 e. The number of aldehydes is 1. The van der Waals surface area contributed by atoms with Gasteiger partial charge in [0.2, 0.25) is 0 Å². The summed E-state index contributed by atoms with van der Waals surface area (Å²) in [6.45, 7) is 4.13. The second kappa shape index (κ2) is 4.75. The lowest BCUT2D eigenvalue weighted by atomic mass is 10.1. The summed E-state index contributed by atoms with van der Waals surface area (Å²) < 4.78 is 13.4. The zero-order valence-electron chi connectivity index (χ0n) is 9.61. The number of hydrogen-bond donors (Lipinski definition) is 0. The van der Waals surface area contributed by atoms with Gasteiger partial charge in [0.25, 0.3) is 0 Å². The van der Waals surface area contributed by atoms with Gasteiger partial charge in [-0.25, -0.2) is 9.37 Å². The number of rotatable bonds is 3. The Bertz CT molecular complexity index is 548. The number of hydrogen-bond acceptors (Lipinski definition) is 3. The molecule has 17 heavy (non-hydrogen) atoms. The zero-order chi connectivity index (χ0) is 12.4. The Hall–Kier alpha value is -1.55. The predicted molar refractivity (Wildman–Crippen MR) is 67.0 cm³/mol. The summed E-state index contributed by atoms with van der Waals surface area (Å²) in [7, 11) is 0. The molecule has 1 aromatic heterocycles. The van der Waals surface area contributed by atoms with E-state index >= 15 is 0 Å². The van der Waals surface area contributed by atoms with E-state index in [0.717, 1.165) is 10.7 Å². The van der Waals surface area contributed by atoms with Gasteiger partial charge in [0.05, 0.1) is 11.3 Å². The van der Waals surface area contributed by atoms with E-state index in [1.165, 1.54) is 23.5 Å². The van der Waals surface area contributed by atoms with E-state index in [9.17, 15) is 9.18 Å². The molecular formula is C13H12FNOS. The van der Waals surface area contributed by atoms with Crippen molar-refractivity contribution in [3.63, 3.8) is 0 Å². The van der Waals surface area contributed by atoms with Gasteiger partial charge in [0.1, 0.15) is 10.8 Å². The minimum atomic E-state index is -0.501. The van der Waals surface area contributed by atoms with Crippen LogP contribution in [0.5, 0.6) is 0 Å². The highest BCUT2D eigenvalue weighted by Gasteiger charge is 2.09. The first kappa shape index (κ1) is 11.9. The zero-order valence-corrected chi connectivity index (χ0v) is 10.4. The number of halogens is 1. The number of carbonyl (C=O) groups is 1. The fourth-order valence-corrected chi connectivity index (χ4v) is 2.42. The van der Waals surface area contributed by atoms with Crippen LogP contribution in [0.25, 0.3) is 10.6 Å². The molecule has 0 amide bonds. The van der Waals surface area contributed by atoms with Crippen LogP contribution in [0, 0.1) is 5.82 Å². The molecule has 0 saturated carbocycles. The van der Waals surface area contributed by atoms with Crippen molar-refractivity contribution in [3.05, 3.63) is 40.7 Å². The second-order valence-corrected chi connectivity index (χ2v) is 4.94. The van der Waals surface area contributed by atoms with Crippen molar-refractivity contribution in [1.82, 2.24) is 4.98 Å². The molecular weight excluding hydrogens is 237 g/mol. The van der Waals surface area contributed by atoms with Crippen molar-refractivity contribution in [2.75, 3.05) is 0 Å². The molecule has 1 aromatic carbocycles. The van der Waals surface area contributed by atoms with Crippen LogP contribution in [-0.2, 0) is 0 Å². The van der Waals surface area contributed by atoms with E-state index in [1.54, 1.807) is 6.07 Å². The third kappa shape index (κ3) is 2.42. The van der Waals surface area contributed by atoms with Crippen LogP contribution < -0.4 is 0 Å². The fraction of sp³-hybridized carbons (Fsp3) is 0.231. The van der Waals surface area contributed by atoms with E-state index < -0.39 is 5.82 Å². The lowest BCUT2D eigenvalue weighted by Gasteiger charge is -2.00. The van der Waals surface area contributed by atoms with Crippen LogP contribution in [0.15, 0.2) is 23.6 Å². The van der Waals surface area contributed by atoms with Crippen LogP contribution in [0.4, 0.5) is 4.39 Å². The Kier molecular flexibility index (Phi) is 3.33. The normalized spacial score (nSPS) is 10.8. The molecule has 2 nitrogen and oxygen atoms in total. The maximum atomic E-state index is 13.4. The molecule has 0 radical (unpaired) electrons. The molecule has 0 atom stereocenters. The smallest absolute Gasteiger partial charge is 0.152 e. The summed E-state index contributed by atoms with van der Waals surface area (Å²) >= 11 is 1.49. The van der Waals surface area contributed by atoms with Crippen LogP contribution in [0.2, 0.25) is 0 Å². The topological polar surface area (TPSA) is 30.0 Å². The van der Waals surface area contributed by atoms with E-state index in [2.05, 4.69) is 18.8 Å². The van der Waals surface area contributed by atoms with Gasteiger partial charge in [-0.3, -0.25) is 4.79 Å². The molecule has 0 unspecified atom stereocenters. The molecule has 2 rings (SSSR count). The Balaban J connectivity index is 2.39. The van der Waals surface area contributed by atoms with Gasteiger partial charge in [0, 0.05) is 10.9 Å². The summed E-state index contributed by atoms with van der Waals surface area (Å²) in [5.41, 5.74) is 1.80. The Morgan fingerprint density at radius 3 is 2.71 bits per heavy atom. The number of aromatic nitrogens is 1. The van der Waals surface area contributed by atoms with Crippen molar-refractivity contribution in [1.29, 1.82) is 0 Å². The van der Waals surface area contributed by atoms with Crippen molar-refractivity contribution in [2.24, 2.45) is 0 Å². The van der Waals surface area contributed by atoms with E-state index in [1.807, 2.05) is 5.38 Å². The quantitative estimate of drug-likeness (QED) is 0.772. The molecule has 0 bridgehead atoms. The summed E-state index contributed by atoms with van der Waals surface area (Å²) in [5, 5.41) is 2.76. The van der Waals surface area contributed by atoms with Crippen molar-refractivity contribution >= 4 is 17.6 Å². The average molecular weight is 249 g/mol. The Morgan fingerprint density at radius 2 is 2.18 bits per heavy atom. The van der Waals surface area contributed by atoms with E-state index in [0.29, 0.717) is 17.8 Å². The van der Waals surface area contributed by atoms with Gasteiger partial charge < -0.3 is 0 Å². The molecule has 0 aliphatic rings. The number of thiazole rings is 1. The first-order valence-electron chi connectivity index (χ1n) is 5.32. The van der Waals surface area contributed by atoms with Crippen LogP contribution in [0.1, 0.15) is 35.8 Å². The van der Waals surface area contributed by atoms with Gasteiger partial charge in [0.15, 0.2) is 6.29 Å². The van der Waals surface area contributed by atoms with E-state index in [-0.39, 0.29) is 5.56 Å². The molecule has 0 spiro atoms. The molecule has 0 aliphatic heterocycles. The highest BCUT2D eigenvalue weighted by Crippen LogP contribution is 2.27. The van der Waals surface area contributed by atoms with Crippen molar-refractivity contribution < 1.29 is 9.18 Å². The maximum Gasteiger partial charge on any atom is 0.152 e. The number of carbonyl (C=O) groups excluding carboxylic acids is 1. The SMILES string of the molecule is CC(C)c1csc(-c2ccc(C=O)c(F)c2)n1. The Morgan fingerprint density at radius 1 is 1.41 bits per heavy atom. The fourth-order valence-electron chi connectivity index (χ4n) is 1.44. The highest BCUT2D eigenvalue weighted by atomic mass is 32.1. The van der Waals surface area contributed by atoms with Gasteiger partial charge in [-0.15, -0.1) is 11.3 Å². The third-order valence-corrected chi connectivity index (χ3v) is 3.40. The monoisotopic (exact) mass is 249 g/mol. The molecule has 88 valence electrons. The molecule has 1 heterocycles. The highest BCUT2D eigenvalue weighted by molar-refractivity contribution is 7.13. The molecule has 0 saturated heterocycles. The van der Waals surface area contributed by atoms with Crippen molar-refractivity contribution in [3.8, 4) is 10.6 Å². The van der Waals surface area contributed by atoms with Gasteiger partial charge >= 0.3 is 0 Å². The lowest BCUT2D eigenvalue weighted by Crippen LogP contribution is -1.89. The molecule has 0 N–H and O–H groups in total. The maximum absolute atomic E-state index is 13.4. The van der Waals surface area contributed by atoms with Gasteiger partial charge in [-0.2, -0.15) is 0 Å². The standard InChI is InChI=1S/C13H12FNOS/c1-8(2)12-7-17-13(15-12)9-3-4-10(6-16)11(14)5-9/h3-8H,1-2H3. The third-order valence-electron chi connectivity index (χ3n) is 2.49. The summed E-state index contributed by atoms with van der Waals surface area (Å²) in [6.07, 6.45) is 0.514. The molecule has 4 heteroatoms.